The van der Waals surface area contributed by atoms with E-state index in [1.807, 2.05) is 114 Å². The average molecular weight is 504 g/mol. The summed E-state index contributed by atoms with van der Waals surface area (Å²) >= 11 is 0. The molecule has 2 aromatic rings. The molecule has 142 valence electrons. The fraction of sp³-hybridized carbons (Fsp3) is 0.333. The van der Waals surface area contributed by atoms with Crippen molar-refractivity contribution in [2.24, 2.45) is 0 Å². The van der Waals surface area contributed by atoms with E-state index in [0.717, 1.165) is 12.8 Å². The van der Waals surface area contributed by atoms with E-state index in [-0.39, 0.29) is 65.4 Å². The first-order valence-electron chi connectivity index (χ1n) is 8.83. The molecule has 2 aromatic carbocycles. The zero-order valence-electron chi connectivity index (χ0n) is 17.9. The van der Waals surface area contributed by atoms with Gasteiger partial charge in [0, 0.05) is 65.4 Å². The monoisotopic (exact) mass is 504 g/mol. The van der Waals surface area contributed by atoms with Gasteiger partial charge in [0.15, 0.2) is 0 Å². The molecule has 0 aliphatic heterocycles. The first-order chi connectivity index (χ1) is 11.8. The fourth-order valence-electron chi connectivity index (χ4n) is 0.770. The molecule has 2 heteroatoms. The van der Waals surface area contributed by atoms with Gasteiger partial charge in [0.05, 0.1) is 0 Å². The Kier molecular flexibility index (Phi) is 88.1. The van der Waals surface area contributed by atoms with Crippen LogP contribution in [0.3, 0.4) is 0 Å². The Morgan fingerprint density at radius 3 is 0.577 bits per heavy atom. The fourth-order valence-corrected chi connectivity index (χ4v) is 0.770. The number of rotatable bonds is 2. The van der Waals surface area contributed by atoms with Gasteiger partial charge in [-0.05, 0) is 0 Å². The van der Waals surface area contributed by atoms with Gasteiger partial charge >= 0.3 is 0 Å². The van der Waals surface area contributed by atoms with Crippen LogP contribution in [0.2, 0.25) is 0 Å². The molecular weight excluding hydrogens is 466 g/mol. The third-order valence-corrected chi connectivity index (χ3v) is 1.83. The molecule has 26 heavy (non-hydrogen) atoms. The molecule has 0 saturated heterocycles. The van der Waals surface area contributed by atoms with Gasteiger partial charge < -0.3 is 12.2 Å². The molecule has 0 aliphatic carbocycles. The third-order valence-electron chi connectivity index (χ3n) is 1.83. The molecule has 0 unspecified atom stereocenters. The number of benzene rings is 2. The van der Waals surface area contributed by atoms with Crippen molar-refractivity contribution in [2.45, 2.75) is 54.4 Å². The summed E-state index contributed by atoms with van der Waals surface area (Å²) in [6.45, 7) is 18.7. The van der Waals surface area contributed by atoms with Gasteiger partial charge in [-0.1, -0.05) is 114 Å². The molecular formula is C24H38Y2-2. The molecule has 0 amide bonds. The molecule has 0 saturated carbocycles. The van der Waals surface area contributed by atoms with E-state index in [1.165, 1.54) is 0 Å². The molecule has 0 nitrogen and oxygen atoms in total. The first-order valence-corrected chi connectivity index (χ1v) is 8.83. The smallest absolute Gasteiger partial charge is 0 e. The topological polar surface area (TPSA) is 0 Å². The normalized spacial score (nSPS) is 6.08. The zero-order valence-corrected chi connectivity index (χ0v) is 23.6. The van der Waals surface area contributed by atoms with E-state index >= 15 is 0 Å². The quantitative estimate of drug-likeness (QED) is 0.362. The SMILES string of the molecule is C=[C-]CC.C=[C-]CC.CC.CC.[Y].[Y].c1ccccc1.c1ccccc1. The number of allylic oxidation sites excluding steroid dienone is 2. The number of hydrogen-bond donors (Lipinski definition) is 0. The van der Waals surface area contributed by atoms with Crippen molar-refractivity contribution in [2.75, 3.05) is 0 Å². The number of hydrogen-bond acceptors (Lipinski definition) is 0. The van der Waals surface area contributed by atoms with Gasteiger partial charge in [0.2, 0.25) is 0 Å². The Morgan fingerprint density at radius 2 is 0.538 bits per heavy atom. The van der Waals surface area contributed by atoms with Gasteiger partial charge in [0.1, 0.15) is 0 Å². The van der Waals surface area contributed by atoms with E-state index in [1.54, 1.807) is 0 Å². The van der Waals surface area contributed by atoms with Crippen LogP contribution >= 0.6 is 0 Å². The van der Waals surface area contributed by atoms with Crippen LogP contribution in [0.25, 0.3) is 0 Å². The summed E-state index contributed by atoms with van der Waals surface area (Å²) in [6, 6.07) is 24.0. The van der Waals surface area contributed by atoms with Crippen LogP contribution in [0.4, 0.5) is 0 Å². The summed E-state index contributed by atoms with van der Waals surface area (Å²) in [5.41, 5.74) is 0. The Bertz CT molecular complexity index is 279. The molecule has 0 aliphatic rings. The van der Waals surface area contributed by atoms with E-state index in [0.29, 0.717) is 0 Å². The van der Waals surface area contributed by atoms with Crippen molar-refractivity contribution in [1.82, 2.24) is 0 Å². The van der Waals surface area contributed by atoms with Crippen LogP contribution in [-0.2, 0) is 65.4 Å². The van der Waals surface area contributed by atoms with Crippen molar-refractivity contribution in [3.8, 4) is 0 Å². The van der Waals surface area contributed by atoms with Gasteiger partial charge in [-0.15, -0.1) is 0 Å². The average Bonchev–Trinajstić information content (AvgIpc) is 2.74. The Hall–Kier alpha value is 0.128. The van der Waals surface area contributed by atoms with E-state index in [2.05, 4.69) is 25.3 Å². The van der Waals surface area contributed by atoms with Crippen molar-refractivity contribution in [3.05, 3.63) is 98.1 Å². The summed E-state index contributed by atoms with van der Waals surface area (Å²) in [7, 11) is 0. The minimum atomic E-state index is 0. The standard InChI is InChI=1S/2C6H6.2C4H7.2C2H6.2Y/c2*1-2-4-6-5-3-1;2*1-3-4-2;2*1-2;;/h2*1-6H;2*1,4H2,2H3;2*1-2H3;;/q;;2*-1;;;;. The maximum absolute atomic E-state index is 3.35. The Morgan fingerprint density at radius 1 is 0.462 bits per heavy atom. The predicted octanol–water partition coefficient (Wildman–Crippen LogP) is 8.19. The van der Waals surface area contributed by atoms with Gasteiger partial charge in [-0.3, -0.25) is 13.2 Å². The predicted molar refractivity (Wildman–Crippen MR) is 114 cm³/mol. The van der Waals surface area contributed by atoms with Gasteiger partial charge in [-0.25, -0.2) is 0 Å². The Labute approximate surface area is 215 Å². The molecule has 0 bridgehead atoms. The van der Waals surface area contributed by atoms with Crippen molar-refractivity contribution in [3.63, 3.8) is 0 Å². The van der Waals surface area contributed by atoms with Crippen molar-refractivity contribution < 1.29 is 65.4 Å². The van der Waals surface area contributed by atoms with Crippen LogP contribution in [0.5, 0.6) is 0 Å². The maximum Gasteiger partial charge on any atom is 0 e. The second kappa shape index (κ2) is 56.2. The van der Waals surface area contributed by atoms with E-state index < -0.39 is 0 Å². The second-order valence-electron chi connectivity index (χ2n) is 3.52. The summed E-state index contributed by atoms with van der Waals surface area (Å²) in [6.07, 6.45) is 7.28. The maximum atomic E-state index is 3.35. The van der Waals surface area contributed by atoms with Crippen LogP contribution in [0, 0.1) is 12.2 Å². The van der Waals surface area contributed by atoms with Crippen LogP contribution in [0.15, 0.2) is 86.0 Å². The molecule has 2 radical (unpaired) electrons. The van der Waals surface area contributed by atoms with E-state index in [4.69, 9.17) is 0 Å². The zero-order chi connectivity index (χ0) is 19.3. The van der Waals surface area contributed by atoms with Gasteiger partial charge in [0.25, 0.3) is 0 Å². The first kappa shape index (κ1) is 40.7. The summed E-state index contributed by atoms with van der Waals surface area (Å²) < 4.78 is 0. The molecule has 0 aromatic heterocycles. The van der Waals surface area contributed by atoms with Crippen molar-refractivity contribution in [1.29, 1.82) is 0 Å². The largest absolute Gasteiger partial charge is 0.504 e. The molecule has 0 atom stereocenters. The van der Waals surface area contributed by atoms with Crippen LogP contribution in [0.1, 0.15) is 54.4 Å². The molecule has 0 fully saturated rings. The summed E-state index contributed by atoms with van der Waals surface area (Å²) in [4.78, 5) is 0. The van der Waals surface area contributed by atoms with Crippen molar-refractivity contribution >= 4 is 0 Å². The van der Waals surface area contributed by atoms with E-state index in [9.17, 15) is 0 Å². The van der Waals surface area contributed by atoms with Gasteiger partial charge in [-0.2, -0.15) is 12.8 Å². The minimum absolute atomic E-state index is 0. The third kappa shape index (κ3) is 64.7. The molecule has 2 rings (SSSR count). The molecule has 0 heterocycles. The van der Waals surface area contributed by atoms with Crippen LogP contribution in [-0.4, -0.2) is 0 Å². The Balaban J connectivity index is -0.0000000478. The van der Waals surface area contributed by atoms with Crippen LogP contribution < -0.4 is 0 Å². The molecule has 0 spiro atoms. The second-order valence-corrected chi connectivity index (χ2v) is 3.52. The molecule has 0 N–H and O–H groups in total. The minimum Gasteiger partial charge on any atom is -0.504 e. The summed E-state index contributed by atoms with van der Waals surface area (Å²) in [5, 5.41) is 0. The summed E-state index contributed by atoms with van der Waals surface area (Å²) in [5.74, 6) is 0.